The van der Waals surface area contributed by atoms with Crippen LogP contribution in [-0.2, 0) is 26.2 Å². The Morgan fingerprint density at radius 1 is 1.05 bits per heavy atom. The molecule has 2 aromatic rings. The molecule has 0 spiro atoms. The number of rotatable bonds is 11. The molecular weight excluding hydrogens is 490 g/mol. The van der Waals surface area contributed by atoms with Crippen molar-refractivity contribution in [1.82, 2.24) is 10.2 Å². The minimum atomic E-state index is -3.78. The van der Waals surface area contributed by atoms with Crippen molar-refractivity contribution in [2.45, 2.75) is 71.5 Å². The second-order valence-corrected chi connectivity index (χ2v) is 11.7. The highest BCUT2D eigenvalue weighted by Gasteiger charge is 2.33. The van der Waals surface area contributed by atoms with Gasteiger partial charge in [-0.2, -0.15) is 0 Å². The Bertz CT molecular complexity index is 1170. The van der Waals surface area contributed by atoms with Crippen molar-refractivity contribution in [3.05, 3.63) is 59.2 Å². The molecule has 202 valence electrons. The van der Waals surface area contributed by atoms with Crippen molar-refractivity contribution in [1.29, 1.82) is 0 Å². The van der Waals surface area contributed by atoms with E-state index in [0.29, 0.717) is 17.9 Å². The predicted molar refractivity (Wildman–Crippen MR) is 146 cm³/mol. The summed E-state index contributed by atoms with van der Waals surface area (Å²) in [4.78, 5) is 28.8. The Hall–Kier alpha value is -3.07. The summed E-state index contributed by atoms with van der Waals surface area (Å²) < 4.78 is 32.2. The van der Waals surface area contributed by atoms with E-state index in [2.05, 4.69) is 5.32 Å². The predicted octanol–water partition coefficient (Wildman–Crippen LogP) is 3.94. The Labute approximate surface area is 221 Å². The van der Waals surface area contributed by atoms with Gasteiger partial charge < -0.3 is 15.0 Å². The van der Waals surface area contributed by atoms with Gasteiger partial charge in [0.25, 0.3) is 0 Å². The molecule has 0 aromatic heterocycles. The molecule has 37 heavy (non-hydrogen) atoms. The van der Waals surface area contributed by atoms with Gasteiger partial charge in [-0.05, 0) is 61.9 Å². The minimum Gasteiger partial charge on any atom is -0.497 e. The average molecular weight is 530 g/mol. The number of para-hydroxylation sites is 1. The molecule has 1 N–H and O–H groups in total. The van der Waals surface area contributed by atoms with Gasteiger partial charge in [-0.15, -0.1) is 0 Å². The molecule has 8 nitrogen and oxygen atoms in total. The zero-order valence-electron chi connectivity index (χ0n) is 22.5. The van der Waals surface area contributed by atoms with Crippen LogP contribution in [0, 0.1) is 13.8 Å². The first kappa shape index (κ1) is 28.5. The lowest BCUT2D eigenvalue weighted by Crippen LogP contribution is -2.53. The summed E-state index contributed by atoms with van der Waals surface area (Å²) in [6.45, 7) is 5.29. The number of carbonyl (C=O) groups excluding carboxylic acids is 2. The van der Waals surface area contributed by atoms with Crippen molar-refractivity contribution in [2.75, 3.05) is 24.2 Å². The van der Waals surface area contributed by atoms with Crippen LogP contribution >= 0.6 is 0 Å². The summed E-state index contributed by atoms with van der Waals surface area (Å²) in [5.41, 5.74) is 2.82. The lowest BCUT2D eigenvalue weighted by Gasteiger charge is -2.34. The molecule has 2 aromatic carbocycles. The first-order valence-corrected chi connectivity index (χ1v) is 14.7. The number of nitrogens with zero attached hydrogens (tertiary/aromatic N) is 2. The zero-order chi connectivity index (χ0) is 27.2. The molecule has 1 fully saturated rings. The fraction of sp³-hybridized carbons (Fsp3) is 0.500. The normalized spacial score (nSPS) is 14.7. The smallest absolute Gasteiger partial charge is 0.244 e. The summed E-state index contributed by atoms with van der Waals surface area (Å²) in [6, 6.07) is 12.2. The van der Waals surface area contributed by atoms with Crippen LogP contribution in [0.5, 0.6) is 5.75 Å². The van der Waals surface area contributed by atoms with E-state index >= 15 is 0 Å². The molecule has 2 amide bonds. The number of aryl methyl sites for hydroxylation is 2. The van der Waals surface area contributed by atoms with Gasteiger partial charge in [-0.25, -0.2) is 8.42 Å². The van der Waals surface area contributed by atoms with Gasteiger partial charge in [0.15, 0.2) is 0 Å². The van der Waals surface area contributed by atoms with Gasteiger partial charge in [0.05, 0.1) is 19.1 Å². The molecule has 1 saturated carbocycles. The van der Waals surface area contributed by atoms with Crippen LogP contribution in [0.15, 0.2) is 42.5 Å². The number of ether oxygens (including phenoxy) is 1. The maximum absolute atomic E-state index is 13.9. The highest BCUT2D eigenvalue weighted by Crippen LogP contribution is 2.27. The average Bonchev–Trinajstić information content (AvgIpc) is 3.35. The number of hydrogen-bond donors (Lipinski definition) is 1. The summed E-state index contributed by atoms with van der Waals surface area (Å²) >= 11 is 0. The number of hydrogen-bond acceptors (Lipinski definition) is 5. The summed E-state index contributed by atoms with van der Waals surface area (Å²) in [7, 11) is -2.19. The van der Waals surface area contributed by atoms with E-state index in [1.807, 2.05) is 51.1 Å². The quantitative estimate of drug-likeness (QED) is 0.476. The van der Waals surface area contributed by atoms with E-state index in [-0.39, 0.29) is 18.5 Å². The molecule has 9 heteroatoms. The highest BCUT2D eigenvalue weighted by atomic mass is 32.2. The second kappa shape index (κ2) is 12.4. The van der Waals surface area contributed by atoms with Gasteiger partial charge in [-0.1, -0.05) is 50.1 Å². The van der Waals surface area contributed by atoms with Crippen molar-refractivity contribution in [3.63, 3.8) is 0 Å². The molecule has 0 radical (unpaired) electrons. The monoisotopic (exact) mass is 529 g/mol. The molecule has 1 atom stereocenters. The number of sulfonamides is 1. The number of carbonyl (C=O) groups is 2. The Morgan fingerprint density at radius 2 is 1.65 bits per heavy atom. The molecule has 1 aliphatic rings. The summed E-state index contributed by atoms with van der Waals surface area (Å²) in [5, 5.41) is 3.12. The van der Waals surface area contributed by atoms with Crippen molar-refractivity contribution in [2.24, 2.45) is 0 Å². The number of benzene rings is 2. The summed E-state index contributed by atoms with van der Waals surface area (Å²) in [6.07, 6.45) is 5.53. The molecule has 0 saturated heterocycles. The Morgan fingerprint density at radius 3 is 2.16 bits per heavy atom. The standard InChI is InChI=1S/C28H39N3O5S/c1-6-25(28(33)29-23-12-7-8-13-23)30(18-22-14-16-24(36-4)17-15-22)26(32)19-31(37(5,34)35)27-20(2)10-9-11-21(27)3/h9-11,14-17,23,25H,6-8,12-13,18-19H2,1-5H3,(H,29,33)/t25-/m1/s1. The van der Waals surface area contributed by atoms with E-state index in [1.165, 1.54) is 4.90 Å². The fourth-order valence-electron chi connectivity index (χ4n) is 4.99. The third-order valence-corrected chi connectivity index (χ3v) is 8.08. The molecule has 1 aliphatic carbocycles. The van der Waals surface area contributed by atoms with Crippen LogP contribution in [0.4, 0.5) is 5.69 Å². The first-order chi connectivity index (χ1) is 17.5. The van der Waals surface area contributed by atoms with Crippen LogP contribution in [0.25, 0.3) is 0 Å². The third kappa shape index (κ3) is 7.25. The number of nitrogens with one attached hydrogen (secondary N) is 1. The topological polar surface area (TPSA) is 96.0 Å². The van der Waals surface area contributed by atoms with Crippen LogP contribution in [-0.4, -0.2) is 57.1 Å². The molecular formula is C28H39N3O5S. The van der Waals surface area contributed by atoms with E-state index in [1.54, 1.807) is 19.2 Å². The van der Waals surface area contributed by atoms with Crippen LogP contribution < -0.4 is 14.4 Å². The minimum absolute atomic E-state index is 0.113. The maximum atomic E-state index is 13.9. The fourth-order valence-corrected chi connectivity index (χ4v) is 5.95. The van der Waals surface area contributed by atoms with Gasteiger partial charge in [0.1, 0.15) is 18.3 Å². The molecule has 0 unspecified atom stereocenters. The van der Waals surface area contributed by atoms with Gasteiger partial charge in [-0.3, -0.25) is 13.9 Å². The molecule has 0 heterocycles. The lowest BCUT2D eigenvalue weighted by molar-refractivity contribution is -0.140. The largest absolute Gasteiger partial charge is 0.497 e. The SMILES string of the molecule is CC[C@H](C(=O)NC1CCCC1)N(Cc1ccc(OC)cc1)C(=O)CN(c1c(C)cccc1C)S(C)(=O)=O. The third-order valence-electron chi connectivity index (χ3n) is 6.97. The van der Waals surface area contributed by atoms with Crippen LogP contribution in [0.1, 0.15) is 55.7 Å². The van der Waals surface area contributed by atoms with E-state index in [4.69, 9.17) is 4.74 Å². The molecule has 0 aliphatic heterocycles. The number of amides is 2. The Balaban J connectivity index is 1.95. The van der Waals surface area contributed by atoms with E-state index < -0.39 is 28.5 Å². The van der Waals surface area contributed by atoms with Gasteiger partial charge in [0.2, 0.25) is 21.8 Å². The first-order valence-electron chi connectivity index (χ1n) is 12.8. The zero-order valence-corrected chi connectivity index (χ0v) is 23.3. The highest BCUT2D eigenvalue weighted by molar-refractivity contribution is 7.92. The Kier molecular flexibility index (Phi) is 9.59. The second-order valence-electron chi connectivity index (χ2n) is 9.79. The van der Waals surface area contributed by atoms with Crippen molar-refractivity contribution in [3.8, 4) is 5.75 Å². The van der Waals surface area contributed by atoms with E-state index in [0.717, 1.165) is 52.9 Å². The van der Waals surface area contributed by atoms with E-state index in [9.17, 15) is 18.0 Å². The van der Waals surface area contributed by atoms with Crippen LogP contribution in [0.3, 0.4) is 0 Å². The van der Waals surface area contributed by atoms with Crippen molar-refractivity contribution < 1.29 is 22.7 Å². The van der Waals surface area contributed by atoms with Crippen molar-refractivity contribution >= 4 is 27.5 Å². The lowest BCUT2D eigenvalue weighted by atomic mass is 10.1. The maximum Gasteiger partial charge on any atom is 0.244 e. The molecule has 3 rings (SSSR count). The van der Waals surface area contributed by atoms with Gasteiger partial charge in [0, 0.05) is 12.6 Å². The summed E-state index contributed by atoms with van der Waals surface area (Å²) in [5.74, 6) is 0.0532. The van der Waals surface area contributed by atoms with Gasteiger partial charge >= 0.3 is 0 Å². The van der Waals surface area contributed by atoms with Crippen LogP contribution in [0.2, 0.25) is 0 Å². The number of methoxy groups -OCH3 is 1. The molecule has 0 bridgehead atoms. The number of anilines is 1.